The minimum Gasteiger partial charge on any atom is -0.497 e. The van der Waals surface area contributed by atoms with Crippen LogP contribution in [0.1, 0.15) is 22.3 Å². The first-order valence-corrected chi connectivity index (χ1v) is 11.4. The zero-order valence-corrected chi connectivity index (χ0v) is 19.5. The van der Waals surface area contributed by atoms with Crippen LogP contribution in [0.2, 0.25) is 0 Å². The molecule has 0 bridgehead atoms. The summed E-state index contributed by atoms with van der Waals surface area (Å²) >= 11 is 6.78. The van der Waals surface area contributed by atoms with E-state index in [2.05, 4.69) is 25.1 Å². The topological polar surface area (TPSA) is 38.8 Å². The lowest BCUT2D eigenvalue weighted by Crippen LogP contribution is -2.27. The summed E-state index contributed by atoms with van der Waals surface area (Å²) in [5, 5.41) is 0. The number of thiocarbonyl (C=S) groups is 1. The highest BCUT2D eigenvalue weighted by Gasteiger charge is 2.31. The van der Waals surface area contributed by atoms with Crippen LogP contribution in [0, 0.1) is 6.92 Å². The standard InChI is InChI=1S/C26H23NO3S2/c1-18-4-3-5-21(14-18)17-30-23-12-6-19(7-13-23)15-24-25(28)27(26(31)32-24)16-20-8-10-22(29-2)11-9-20/h3-15H,16-17H2,1-2H3/b24-15+. The number of ether oxygens (including phenoxy) is 2. The van der Waals surface area contributed by atoms with Crippen LogP contribution in [-0.4, -0.2) is 22.2 Å². The second kappa shape index (κ2) is 10.0. The Balaban J connectivity index is 1.39. The Hall–Kier alpha value is -3.09. The first kappa shape index (κ1) is 22.1. The van der Waals surface area contributed by atoms with Crippen LogP contribution < -0.4 is 9.47 Å². The van der Waals surface area contributed by atoms with Gasteiger partial charge in [-0.2, -0.15) is 0 Å². The maximum absolute atomic E-state index is 12.9. The molecule has 0 unspecified atom stereocenters. The number of nitrogens with zero attached hydrogens (tertiary/aromatic N) is 1. The second-order valence-electron chi connectivity index (χ2n) is 7.46. The monoisotopic (exact) mass is 461 g/mol. The third kappa shape index (κ3) is 5.39. The molecule has 0 saturated carbocycles. The smallest absolute Gasteiger partial charge is 0.266 e. The molecule has 1 amide bonds. The SMILES string of the molecule is COc1ccc(CN2C(=O)/C(=C\c3ccc(OCc4cccc(C)c4)cc3)SC2=S)cc1. The predicted molar refractivity (Wildman–Crippen MR) is 134 cm³/mol. The molecular formula is C26H23NO3S2. The van der Waals surface area contributed by atoms with Crippen molar-refractivity contribution in [3.05, 3.63) is 100.0 Å². The van der Waals surface area contributed by atoms with E-state index in [0.29, 0.717) is 22.4 Å². The number of hydrogen-bond acceptors (Lipinski definition) is 5. The molecule has 0 spiro atoms. The van der Waals surface area contributed by atoms with E-state index in [0.717, 1.165) is 28.2 Å². The van der Waals surface area contributed by atoms with E-state index in [4.69, 9.17) is 21.7 Å². The van der Waals surface area contributed by atoms with E-state index in [-0.39, 0.29) is 5.91 Å². The molecule has 3 aromatic rings. The lowest BCUT2D eigenvalue weighted by Gasteiger charge is -2.14. The highest BCUT2D eigenvalue weighted by molar-refractivity contribution is 8.26. The first-order chi connectivity index (χ1) is 15.5. The Morgan fingerprint density at radius 3 is 2.38 bits per heavy atom. The molecule has 32 heavy (non-hydrogen) atoms. The average Bonchev–Trinajstić information content (AvgIpc) is 3.06. The van der Waals surface area contributed by atoms with E-state index in [1.54, 1.807) is 12.0 Å². The maximum Gasteiger partial charge on any atom is 0.266 e. The summed E-state index contributed by atoms with van der Waals surface area (Å²) in [7, 11) is 1.63. The fraction of sp³-hybridized carbons (Fsp3) is 0.154. The van der Waals surface area contributed by atoms with Crippen molar-refractivity contribution in [3.63, 3.8) is 0 Å². The summed E-state index contributed by atoms with van der Waals surface area (Å²) in [4.78, 5) is 15.2. The molecule has 0 radical (unpaired) electrons. The lowest BCUT2D eigenvalue weighted by atomic mass is 10.1. The number of amides is 1. The normalized spacial score (nSPS) is 14.8. The molecule has 1 saturated heterocycles. The van der Waals surface area contributed by atoms with E-state index in [1.807, 2.05) is 60.7 Å². The summed E-state index contributed by atoms with van der Waals surface area (Å²) in [6, 6.07) is 23.6. The van der Waals surface area contributed by atoms with Gasteiger partial charge in [0, 0.05) is 0 Å². The van der Waals surface area contributed by atoms with E-state index in [9.17, 15) is 4.79 Å². The second-order valence-corrected chi connectivity index (χ2v) is 9.14. The zero-order chi connectivity index (χ0) is 22.5. The summed E-state index contributed by atoms with van der Waals surface area (Å²) in [5.41, 5.74) is 4.27. The Morgan fingerprint density at radius 1 is 0.969 bits per heavy atom. The molecular weight excluding hydrogens is 438 g/mol. The highest BCUT2D eigenvalue weighted by Crippen LogP contribution is 2.34. The van der Waals surface area contributed by atoms with Crippen LogP contribution in [0.5, 0.6) is 11.5 Å². The Labute approximate surface area is 197 Å². The van der Waals surface area contributed by atoms with Gasteiger partial charge in [-0.05, 0) is 54.0 Å². The summed E-state index contributed by atoms with van der Waals surface area (Å²) in [6.45, 7) is 3.03. The van der Waals surface area contributed by atoms with Gasteiger partial charge in [0.1, 0.15) is 22.4 Å². The summed E-state index contributed by atoms with van der Waals surface area (Å²) < 4.78 is 11.6. The molecule has 6 heteroatoms. The number of benzene rings is 3. The van der Waals surface area contributed by atoms with Crippen molar-refractivity contribution < 1.29 is 14.3 Å². The fourth-order valence-electron chi connectivity index (χ4n) is 3.33. The Morgan fingerprint density at radius 2 is 1.69 bits per heavy atom. The number of thioether (sulfide) groups is 1. The number of carbonyl (C=O) groups is 1. The lowest BCUT2D eigenvalue weighted by molar-refractivity contribution is -0.122. The van der Waals surface area contributed by atoms with E-state index in [1.165, 1.54) is 17.3 Å². The van der Waals surface area contributed by atoms with Crippen molar-refractivity contribution in [2.45, 2.75) is 20.1 Å². The minimum atomic E-state index is -0.0735. The molecule has 0 aromatic heterocycles. The van der Waals surface area contributed by atoms with Gasteiger partial charge in [0.15, 0.2) is 0 Å². The maximum atomic E-state index is 12.9. The molecule has 1 aliphatic heterocycles. The third-order valence-corrected chi connectivity index (χ3v) is 6.42. The quantitative estimate of drug-likeness (QED) is 0.319. The molecule has 1 aliphatic rings. The van der Waals surface area contributed by atoms with Crippen molar-refractivity contribution in [2.75, 3.05) is 7.11 Å². The molecule has 0 aliphatic carbocycles. The van der Waals surface area contributed by atoms with Crippen molar-refractivity contribution in [1.82, 2.24) is 4.90 Å². The Kier molecular flexibility index (Phi) is 6.93. The minimum absolute atomic E-state index is 0.0735. The molecule has 3 aromatic carbocycles. The van der Waals surface area contributed by atoms with Gasteiger partial charge < -0.3 is 9.47 Å². The van der Waals surface area contributed by atoms with Crippen molar-refractivity contribution >= 4 is 40.3 Å². The van der Waals surface area contributed by atoms with Crippen molar-refractivity contribution in [1.29, 1.82) is 0 Å². The summed E-state index contributed by atoms with van der Waals surface area (Å²) in [6.07, 6.45) is 1.87. The zero-order valence-electron chi connectivity index (χ0n) is 17.9. The summed E-state index contributed by atoms with van der Waals surface area (Å²) in [5.74, 6) is 1.50. The van der Waals surface area contributed by atoms with Crippen LogP contribution in [0.25, 0.3) is 6.08 Å². The number of aryl methyl sites for hydroxylation is 1. The molecule has 4 rings (SSSR count). The van der Waals surface area contributed by atoms with E-state index < -0.39 is 0 Å². The van der Waals surface area contributed by atoms with Gasteiger partial charge in [-0.1, -0.05) is 78.1 Å². The van der Waals surface area contributed by atoms with Crippen molar-refractivity contribution in [2.24, 2.45) is 0 Å². The van der Waals surface area contributed by atoms with Gasteiger partial charge >= 0.3 is 0 Å². The third-order valence-electron chi connectivity index (χ3n) is 5.04. The fourth-order valence-corrected chi connectivity index (χ4v) is 4.59. The molecule has 0 N–H and O–H groups in total. The van der Waals surface area contributed by atoms with Gasteiger partial charge in [0.25, 0.3) is 5.91 Å². The Bertz CT molecular complexity index is 1150. The molecule has 1 heterocycles. The molecule has 162 valence electrons. The van der Waals surface area contributed by atoms with Crippen LogP contribution in [0.3, 0.4) is 0 Å². The van der Waals surface area contributed by atoms with Gasteiger partial charge in [-0.15, -0.1) is 0 Å². The van der Waals surface area contributed by atoms with Gasteiger partial charge in [-0.3, -0.25) is 9.69 Å². The molecule has 1 fully saturated rings. The van der Waals surface area contributed by atoms with Crippen LogP contribution in [0.4, 0.5) is 0 Å². The van der Waals surface area contributed by atoms with Crippen LogP contribution in [0.15, 0.2) is 77.7 Å². The number of hydrogen-bond donors (Lipinski definition) is 0. The van der Waals surface area contributed by atoms with Gasteiger partial charge in [0.2, 0.25) is 0 Å². The van der Waals surface area contributed by atoms with Crippen molar-refractivity contribution in [3.8, 4) is 11.5 Å². The number of methoxy groups -OCH3 is 1. The number of rotatable bonds is 7. The van der Waals surface area contributed by atoms with E-state index >= 15 is 0 Å². The van der Waals surface area contributed by atoms with Gasteiger partial charge in [0.05, 0.1) is 18.6 Å². The molecule has 0 atom stereocenters. The average molecular weight is 462 g/mol. The van der Waals surface area contributed by atoms with Crippen LogP contribution >= 0.6 is 24.0 Å². The van der Waals surface area contributed by atoms with Gasteiger partial charge in [-0.25, -0.2) is 0 Å². The first-order valence-electron chi connectivity index (χ1n) is 10.2. The molecule has 4 nitrogen and oxygen atoms in total. The highest BCUT2D eigenvalue weighted by atomic mass is 32.2. The number of carbonyl (C=O) groups excluding carboxylic acids is 1. The largest absolute Gasteiger partial charge is 0.497 e. The predicted octanol–water partition coefficient (Wildman–Crippen LogP) is 5.98. The van der Waals surface area contributed by atoms with Crippen LogP contribution in [-0.2, 0) is 17.9 Å².